The van der Waals surface area contributed by atoms with Gasteiger partial charge in [-0.2, -0.15) is 0 Å². The van der Waals surface area contributed by atoms with Gasteiger partial charge in [0.2, 0.25) is 0 Å². The minimum atomic E-state index is 0.908. The van der Waals surface area contributed by atoms with Crippen molar-refractivity contribution in [1.29, 1.82) is 0 Å². The molecular formula is C19H29N2+. The van der Waals surface area contributed by atoms with E-state index < -0.39 is 0 Å². The van der Waals surface area contributed by atoms with Crippen LogP contribution in [0.1, 0.15) is 44.7 Å². The van der Waals surface area contributed by atoms with E-state index in [1.807, 2.05) is 6.21 Å². The second-order valence-electron chi connectivity index (χ2n) is 5.79. The van der Waals surface area contributed by atoms with Crippen LogP contribution in [0.2, 0.25) is 0 Å². The molecule has 21 heavy (non-hydrogen) atoms. The zero-order valence-electron chi connectivity index (χ0n) is 14.2. The van der Waals surface area contributed by atoms with Gasteiger partial charge in [0.1, 0.15) is 6.54 Å². The average Bonchev–Trinajstić information content (AvgIpc) is 2.41. The first-order chi connectivity index (χ1) is 10.0. The monoisotopic (exact) mass is 285 g/mol. The van der Waals surface area contributed by atoms with E-state index in [1.54, 1.807) is 0 Å². The van der Waals surface area contributed by atoms with E-state index in [-0.39, 0.29) is 0 Å². The third kappa shape index (κ3) is 7.60. The lowest BCUT2D eigenvalue weighted by molar-refractivity contribution is -0.698. The molecule has 0 N–H and O–H groups in total. The van der Waals surface area contributed by atoms with E-state index >= 15 is 0 Å². The molecule has 0 saturated carbocycles. The molecule has 0 aliphatic heterocycles. The van der Waals surface area contributed by atoms with Crippen LogP contribution in [-0.4, -0.2) is 12.8 Å². The van der Waals surface area contributed by atoms with Crippen LogP contribution in [0.4, 0.5) is 0 Å². The molecule has 0 aliphatic carbocycles. The molecule has 1 aromatic heterocycles. The van der Waals surface area contributed by atoms with Gasteiger partial charge in [0.05, 0.1) is 0 Å². The van der Waals surface area contributed by atoms with Crippen molar-refractivity contribution in [3.05, 3.63) is 52.9 Å². The normalized spacial score (nSPS) is 13.2. The second kappa shape index (κ2) is 9.28. The summed E-state index contributed by atoms with van der Waals surface area (Å²) in [5, 5.41) is 0. The summed E-state index contributed by atoms with van der Waals surface area (Å²) in [6, 6.07) is 2.21. The highest BCUT2D eigenvalue weighted by atomic mass is 14.9. The van der Waals surface area contributed by atoms with Crippen molar-refractivity contribution in [2.75, 3.05) is 6.54 Å². The Morgan fingerprint density at radius 1 is 1.10 bits per heavy atom. The molecule has 0 spiro atoms. The number of hydrogen-bond donors (Lipinski definition) is 0. The quantitative estimate of drug-likeness (QED) is 0.306. The number of unbranched alkanes of at least 4 members (excludes halogenated alkanes) is 1. The van der Waals surface area contributed by atoms with Crippen molar-refractivity contribution >= 4 is 6.21 Å². The van der Waals surface area contributed by atoms with E-state index in [9.17, 15) is 0 Å². The van der Waals surface area contributed by atoms with Crippen LogP contribution in [0.25, 0.3) is 0 Å². The first kappa shape index (κ1) is 17.4. The average molecular weight is 285 g/mol. The highest BCUT2D eigenvalue weighted by molar-refractivity contribution is 5.78. The van der Waals surface area contributed by atoms with Crippen molar-refractivity contribution < 1.29 is 4.57 Å². The van der Waals surface area contributed by atoms with Crippen LogP contribution in [0.15, 0.2) is 46.8 Å². The molecule has 0 bridgehead atoms. The molecule has 1 aromatic rings. The maximum atomic E-state index is 4.50. The van der Waals surface area contributed by atoms with Gasteiger partial charge in [0, 0.05) is 30.3 Å². The van der Waals surface area contributed by atoms with Crippen LogP contribution in [0.5, 0.6) is 0 Å². The Hall–Kier alpha value is -1.70. The van der Waals surface area contributed by atoms with Crippen molar-refractivity contribution in [2.24, 2.45) is 4.99 Å². The Morgan fingerprint density at radius 3 is 2.38 bits per heavy atom. The van der Waals surface area contributed by atoms with Crippen molar-refractivity contribution in [3.63, 3.8) is 0 Å². The van der Waals surface area contributed by atoms with Crippen LogP contribution in [-0.2, 0) is 6.54 Å². The summed E-state index contributed by atoms with van der Waals surface area (Å²) >= 11 is 0. The molecular weight excluding hydrogens is 256 g/mol. The summed E-state index contributed by atoms with van der Waals surface area (Å²) in [7, 11) is 0. The lowest BCUT2D eigenvalue weighted by atomic mass is 10.2. The molecule has 0 atom stereocenters. The summed E-state index contributed by atoms with van der Waals surface area (Å²) in [4.78, 5) is 4.50. The van der Waals surface area contributed by atoms with Gasteiger partial charge in [-0.05, 0) is 52.7 Å². The van der Waals surface area contributed by atoms with Gasteiger partial charge in [-0.25, -0.2) is 4.57 Å². The molecule has 0 fully saturated rings. The van der Waals surface area contributed by atoms with E-state index in [0.717, 1.165) is 19.5 Å². The topological polar surface area (TPSA) is 16.2 Å². The van der Waals surface area contributed by atoms with E-state index in [1.165, 1.54) is 28.7 Å². The largest absolute Gasteiger partial charge is 0.293 e. The molecule has 0 unspecified atom stereocenters. The summed E-state index contributed by atoms with van der Waals surface area (Å²) in [6.07, 6.45) is 13.0. The summed E-state index contributed by atoms with van der Waals surface area (Å²) < 4.78 is 2.29. The number of aromatic nitrogens is 1. The standard InChI is InChI=1S/C19H29N2/c1-6-16(2)11-17(3)13-20-9-7-8-10-21-14-18(4)12-19(5)15-21/h6,11-15H,7-10H2,1-5H3/q+1/b16-6-,17-11-,20-13?. The van der Waals surface area contributed by atoms with Gasteiger partial charge in [-0.1, -0.05) is 17.7 Å². The Labute approximate surface area is 129 Å². The van der Waals surface area contributed by atoms with Crippen molar-refractivity contribution in [1.82, 2.24) is 0 Å². The fourth-order valence-corrected chi connectivity index (χ4v) is 2.31. The van der Waals surface area contributed by atoms with E-state index in [2.05, 4.69) is 74.8 Å². The van der Waals surface area contributed by atoms with Gasteiger partial charge < -0.3 is 0 Å². The van der Waals surface area contributed by atoms with Gasteiger partial charge in [-0.3, -0.25) is 4.99 Å². The Balaban J connectivity index is 2.30. The molecule has 2 nitrogen and oxygen atoms in total. The molecule has 0 aliphatic rings. The van der Waals surface area contributed by atoms with Crippen LogP contribution >= 0.6 is 0 Å². The molecule has 114 valence electrons. The lowest BCUT2D eigenvalue weighted by Crippen LogP contribution is -2.33. The minimum absolute atomic E-state index is 0.908. The number of hydrogen-bond acceptors (Lipinski definition) is 1. The number of rotatable bonds is 7. The number of aliphatic imine (C=N–C) groups is 1. The maximum Gasteiger partial charge on any atom is 0.171 e. The summed E-state index contributed by atoms with van der Waals surface area (Å²) in [6.45, 7) is 12.5. The fourth-order valence-electron chi connectivity index (χ4n) is 2.31. The second-order valence-corrected chi connectivity index (χ2v) is 5.79. The molecule has 1 rings (SSSR count). The van der Waals surface area contributed by atoms with Gasteiger partial charge >= 0.3 is 0 Å². The molecule has 2 heteroatoms. The van der Waals surface area contributed by atoms with Crippen LogP contribution in [0, 0.1) is 13.8 Å². The SMILES string of the molecule is C/C=C(C)\C=C(\C)C=NCCCC[n+]1cc(C)cc(C)c1. The van der Waals surface area contributed by atoms with E-state index in [4.69, 9.17) is 0 Å². The minimum Gasteiger partial charge on any atom is -0.293 e. The smallest absolute Gasteiger partial charge is 0.171 e. The maximum absolute atomic E-state index is 4.50. The number of nitrogens with zero attached hydrogens (tertiary/aromatic N) is 2. The lowest BCUT2D eigenvalue weighted by Gasteiger charge is -1.99. The van der Waals surface area contributed by atoms with Gasteiger partial charge in [0.15, 0.2) is 12.4 Å². The Kier molecular flexibility index (Phi) is 7.66. The molecule has 0 saturated heterocycles. The molecule has 0 radical (unpaired) electrons. The number of allylic oxidation sites excluding steroid dienone is 4. The number of aryl methyl sites for hydroxylation is 3. The first-order valence-corrected chi connectivity index (χ1v) is 7.79. The zero-order valence-corrected chi connectivity index (χ0v) is 14.2. The van der Waals surface area contributed by atoms with Gasteiger partial charge in [-0.15, -0.1) is 0 Å². The molecule has 0 aromatic carbocycles. The summed E-state index contributed by atoms with van der Waals surface area (Å²) in [5.41, 5.74) is 5.15. The predicted molar refractivity (Wildman–Crippen MR) is 91.9 cm³/mol. The molecule has 1 heterocycles. The molecule has 0 amide bonds. The summed E-state index contributed by atoms with van der Waals surface area (Å²) in [5.74, 6) is 0. The van der Waals surface area contributed by atoms with Crippen molar-refractivity contribution in [3.8, 4) is 0 Å². The Morgan fingerprint density at radius 2 is 1.76 bits per heavy atom. The highest BCUT2D eigenvalue weighted by Gasteiger charge is 2.02. The first-order valence-electron chi connectivity index (χ1n) is 7.79. The third-order valence-corrected chi connectivity index (χ3v) is 3.35. The Bertz CT molecular complexity index is 516. The predicted octanol–water partition coefficient (Wildman–Crippen LogP) is 4.35. The fraction of sp³-hybridized carbons (Fsp3) is 0.474. The van der Waals surface area contributed by atoms with Crippen LogP contribution in [0.3, 0.4) is 0 Å². The van der Waals surface area contributed by atoms with Gasteiger partial charge in [0.25, 0.3) is 0 Å². The van der Waals surface area contributed by atoms with Crippen LogP contribution < -0.4 is 4.57 Å². The zero-order chi connectivity index (χ0) is 15.7. The van der Waals surface area contributed by atoms with Crippen molar-refractivity contribution in [2.45, 2.75) is 54.0 Å². The third-order valence-electron chi connectivity index (χ3n) is 3.35. The van der Waals surface area contributed by atoms with E-state index in [0.29, 0.717) is 0 Å². The number of pyridine rings is 1. The highest BCUT2D eigenvalue weighted by Crippen LogP contribution is 2.00.